The second kappa shape index (κ2) is 7.20. The highest BCUT2D eigenvalue weighted by molar-refractivity contribution is 9.10. The summed E-state index contributed by atoms with van der Waals surface area (Å²) in [5.74, 6) is -0.790. The lowest BCUT2D eigenvalue weighted by molar-refractivity contribution is -0.155. The number of alkyl halides is 3. The van der Waals surface area contributed by atoms with Crippen LogP contribution in [0.25, 0.3) is 0 Å². The SMILES string of the molecule is C[C@@H]1Cc2c(ccc(N)c2C=N)[C@@H](c2ccc(Br)c(F)n2)N1CC(F)(F)F. The highest BCUT2D eigenvalue weighted by Crippen LogP contribution is 2.41. The molecule has 0 aliphatic carbocycles. The third kappa shape index (κ3) is 3.84. The zero-order valence-corrected chi connectivity index (χ0v) is 15.9. The fourth-order valence-corrected chi connectivity index (χ4v) is 3.79. The van der Waals surface area contributed by atoms with Crippen molar-refractivity contribution < 1.29 is 17.6 Å². The summed E-state index contributed by atoms with van der Waals surface area (Å²) < 4.78 is 53.9. The van der Waals surface area contributed by atoms with Gasteiger partial charge < -0.3 is 11.1 Å². The zero-order chi connectivity index (χ0) is 19.9. The quantitative estimate of drug-likeness (QED) is 0.317. The summed E-state index contributed by atoms with van der Waals surface area (Å²) >= 11 is 3.02. The van der Waals surface area contributed by atoms with Crippen LogP contribution in [0.1, 0.15) is 35.3 Å². The summed E-state index contributed by atoms with van der Waals surface area (Å²) in [7, 11) is 0. The van der Waals surface area contributed by atoms with E-state index in [0.717, 1.165) is 6.21 Å². The topological polar surface area (TPSA) is 66.0 Å². The minimum Gasteiger partial charge on any atom is -0.398 e. The van der Waals surface area contributed by atoms with Gasteiger partial charge in [0.1, 0.15) is 0 Å². The van der Waals surface area contributed by atoms with Crippen LogP contribution >= 0.6 is 15.9 Å². The molecule has 0 saturated carbocycles. The highest BCUT2D eigenvalue weighted by Gasteiger charge is 2.41. The van der Waals surface area contributed by atoms with Gasteiger partial charge in [-0.1, -0.05) is 6.07 Å². The van der Waals surface area contributed by atoms with Crippen LogP contribution in [0.15, 0.2) is 28.7 Å². The number of anilines is 1. The fraction of sp³-hybridized carbons (Fsp3) is 0.333. The van der Waals surface area contributed by atoms with Gasteiger partial charge in [0.2, 0.25) is 5.95 Å². The van der Waals surface area contributed by atoms with Gasteiger partial charge in [-0.15, -0.1) is 0 Å². The first-order valence-electron chi connectivity index (χ1n) is 8.18. The van der Waals surface area contributed by atoms with Gasteiger partial charge in [-0.05, 0) is 58.6 Å². The minimum absolute atomic E-state index is 0.134. The van der Waals surface area contributed by atoms with E-state index in [1.165, 1.54) is 17.0 Å². The molecular weight excluding hydrogens is 428 g/mol. The Morgan fingerprint density at radius 1 is 1.33 bits per heavy atom. The number of nitrogens with two attached hydrogens (primary N) is 1. The van der Waals surface area contributed by atoms with Gasteiger partial charge in [0.25, 0.3) is 0 Å². The molecule has 1 aromatic heterocycles. The average molecular weight is 445 g/mol. The lowest BCUT2D eigenvalue weighted by Crippen LogP contribution is -2.47. The Morgan fingerprint density at radius 2 is 2.04 bits per heavy atom. The van der Waals surface area contributed by atoms with Crippen molar-refractivity contribution in [1.82, 2.24) is 9.88 Å². The molecule has 3 rings (SSSR count). The standard InChI is InChI=1S/C18H17BrF4N4/c1-9-6-11-10(2-4-14(25)12(11)7-24)16(27(9)8-18(21,22)23)15-5-3-13(19)17(20)26-15/h2-5,7,9,16,24H,6,8,25H2,1H3/t9-,16+/m1/s1. The first-order valence-corrected chi connectivity index (χ1v) is 8.98. The Hall–Kier alpha value is -2.00. The van der Waals surface area contributed by atoms with Crippen LogP contribution in [-0.4, -0.2) is 34.9 Å². The van der Waals surface area contributed by atoms with Crippen molar-refractivity contribution in [2.45, 2.75) is 31.6 Å². The Kier molecular flexibility index (Phi) is 5.27. The summed E-state index contributed by atoms with van der Waals surface area (Å²) in [4.78, 5) is 5.14. The second-order valence-electron chi connectivity index (χ2n) is 6.53. The van der Waals surface area contributed by atoms with E-state index in [2.05, 4.69) is 20.9 Å². The van der Waals surface area contributed by atoms with Crippen molar-refractivity contribution in [3.8, 4) is 0 Å². The third-order valence-electron chi connectivity index (χ3n) is 4.73. The van der Waals surface area contributed by atoms with Gasteiger partial charge in [0.15, 0.2) is 0 Å². The number of nitrogens with one attached hydrogen (secondary N) is 1. The van der Waals surface area contributed by atoms with E-state index in [1.807, 2.05) is 0 Å². The minimum atomic E-state index is -4.42. The molecule has 2 atom stereocenters. The second-order valence-corrected chi connectivity index (χ2v) is 7.39. The lowest BCUT2D eigenvalue weighted by Gasteiger charge is -2.42. The van der Waals surface area contributed by atoms with Crippen molar-refractivity contribution in [3.05, 3.63) is 57.1 Å². The van der Waals surface area contributed by atoms with Crippen LogP contribution in [0.5, 0.6) is 0 Å². The van der Waals surface area contributed by atoms with E-state index in [0.29, 0.717) is 28.8 Å². The molecule has 9 heteroatoms. The number of hydrogen-bond donors (Lipinski definition) is 2. The molecule has 144 valence electrons. The number of hydrogen-bond acceptors (Lipinski definition) is 4. The summed E-state index contributed by atoms with van der Waals surface area (Å²) in [6.07, 6.45) is -3.01. The lowest BCUT2D eigenvalue weighted by atomic mass is 9.83. The molecule has 27 heavy (non-hydrogen) atoms. The van der Waals surface area contributed by atoms with Gasteiger partial charge in [0, 0.05) is 23.5 Å². The third-order valence-corrected chi connectivity index (χ3v) is 5.32. The van der Waals surface area contributed by atoms with Crippen LogP contribution in [0.4, 0.5) is 23.2 Å². The molecule has 0 spiro atoms. The maximum Gasteiger partial charge on any atom is 0.401 e. The Balaban J connectivity index is 2.22. The van der Waals surface area contributed by atoms with Gasteiger partial charge in [-0.3, -0.25) is 4.90 Å². The normalized spacial score (nSPS) is 20.4. The molecule has 3 N–H and O–H groups in total. The average Bonchev–Trinajstić information content (AvgIpc) is 2.57. The Morgan fingerprint density at radius 3 is 2.63 bits per heavy atom. The Labute approximate surface area is 162 Å². The molecule has 0 radical (unpaired) electrons. The predicted molar refractivity (Wildman–Crippen MR) is 98.4 cm³/mol. The van der Waals surface area contributed by atoms with E-state index in [9.17, 15) is 17.6 Å². The van der Waals surface area contributed by atoms with Crippen molar-refractivity contribution >= 4 is 27.8 Å². The molecule has 2 heterocycles. The number of nitrogens with zero attached hydrogens (tertiary/aromatic N) is 2. The molecule has 1 aromatic carbocycles. The summed E-state index contributed by atoms with van der Waals surface area (Å²) in [5, 5.41) is 7.64. The summed E-state index contributed by atoms with van der Waals surface area (Å²) in [6.45, 7) is 0.524. The molecule has 1 aliphatic rings. The molecule has 1 aliphatic heterocycles. The smallest absolute Gasteiger partial charge is 0.398 e. The monoisotopic (exact) mass is 444 g/mol. The van der Waals surface area contributed by atoms with Crippen LogP contribution in [-0.2, 0) is 6.42 Å². The van der Waals surface area contributed by atoms with Crippen molar-refractivity contribution in [2.75, 3.05) is 12.3 Å². The van der Waals surface area contributed by atoms with Crippen LogP contribution in [0.3, 0.4) is 0 Å². The van der Waals surface area contributed by atoms with E-state index < -0.39 is 30.8 Å². The molecule has 0 bridgehead atoms. The van der Waals surface area contributed by atoms with E-state index in [4.69, 9.17) is 11.1 Å². The zero-order valence-electron chi connectivity index (χ0n) is 14.3. The van der Waals surface area contributed by atoms with E-state index in [-0.39, 0.29) is 10.2 Å². The van der Waals surface area contributed by atoms with Crippen LogP contribution < -0.4 is 5.73 Å². The number of nitrogen functional groups attached to an aromatic ring is 1. The maximum absolute atomic E-state index is 14.0. The first-order chi connectivity index (χ1) is 12.6. The van der Waals surface area contributed by atoms with Crippen molar-refractivity contribution in [2.24, 2.45) is 0 Å². The highest BCUT2D eigenvalue weighted by atomic mass is 79.9. The fourth-order valence-electron chi connectivity index (χ4n) is 3.57. The molecule has 4 nitrogen and oxygen atoms in total. The van der Waals surface area contributed by atoms with Gasteiger partial charge >= 0.3 is 6.18 Å². The molecule has 0 unspecified atom stereocenters. The van der Waals surface area contributed by atoms with Gasteiger partial charge in [-0.25, -0.2) is 4.98 Å². The first kappa shape index (κ1) is 19.8. The maximum atomic E-state index is 14.0. The van der Waals surface area contributed by atoms with Crippen LogP contribution in [0, 0.1) is 11.4 Å². The number of benzene rings is 1. The molecule has 0 amide bonds. The Bertz CT molecular complexity index is 884. The van der Waals surface area contributed by atoms with E-state index >= 15 is 0 Å². The van der Waals surface area contributed by atoms with Gasteiger partial charge in [0.05, 0.1) is 22.8 Å². The predicted octanol–water partition coefficient (Wildman–Crippen LogP) is 4.46. The number of fused-ring (bicyclic) bond motifs is 1. The number of halogens is 5. The molecular formula is C18H17BrF4N4. The van der Waals surface area contributed by atoms with E-state index in [1.54, 1.807) is 19.1 Å². The number of rotatable bonds is 3. The largest absolute Gasteiger partial charge is 0.401 e. The molecule has 2 aromatic rings. The van der Waals surface area contributed by atoms with Crippen molar-refractivity contribution in [1.29, 1.82) is 5.41 Å². The number of pyridine rings is 1. The summed E-state index contributed by atoms with van der Waals surface area (Å²) in [6, 6.07) is 4.73. The summed E-state index contributed by atoms with van der Waals surface area (Å²) in [5.41, 5.74) is 8.23. The van der Waals surface area contributed by atoms with Crippen LogP contribution in [0.2, 0.25) is 0 Å². The van der Waals surface area contributed by atoms with Gasteiger partial charge in [-0.2, -0.15) is 17.6 Å². The molecule has 0 saturated heterocycles. The number of aromatic nitrogens is 1. The van der Waals surface area contributed by atoms with Crippen molar-refractivity contribution in [3.63, 3.8) is 0 Å². The molecule has 0 fully saturated rings.